The van der Waals surface area contributed by atoms with E-state index < -0.39 is 0 Å². The Labute approximate surface area is 145 Å². The lowest BCUT2D eigenvalue weighted by Gasteiger charge is -2.06. The molecule has 0 heterocycles. The van der Waals surface area contributed by atoms with E-state index in [0.717, 1.165) is 25.7 Å². The minimum absolute atomic E-state index is 0.330. The number of aryl methyl sites for hydroxylation is 2. The molecule has 0 aromatic heterocycles. The summed E-state index contributed by atoms with van der Waals surface area (Å²) in [5.41, 5.74) is 5.20. The molecule has 0 radical (unpaired) electrons. The van der Waals surface area contributed by atoms with E-state index in [9.17, 15) is 4.79 Å². The van der Waals surface area contributed by atoms with Gasteiger partial charge in [0.25, 0.3) is 0 Å². The highest BCUT2D eigenvalue weighted by atomic mass is 16.5. The normalized spacial score (nSPS) is 10.4. The molecule has 0 aliphatic heterocycles. The highest BCUT2D eigenvalue weighted by Crippen LogP contribution is 2.21. The molecule has 0 atom stereocenters. The number of ether oxygens (including phenoxy) is 1. The van der Waals surface area contributed by atoms with Gasteiger partial charge in [0, 0.05) is 6.08 Å². The molecule has 0 aliphatic carbocycles. The third-order valence-electron chi connectivity index (χ3n) is 4.11. The Bertz CT molecular complexity index is 639. The lowest BCUT2D eigenvalue weighted by atomic mass is 10.0. The van der Waals surface area contributed by atoms with Crippen LogP contribution in [0.15, 0.2) is 61.2 Å². The summed E-state index contributed by atoms with van der Waals surface area (Å²) in [7, 11) is 0. The van der Waals surface area contributed by atoms with Crippen molar-refractivity contribution in [2.45, 2.75) is 39.0 Å². The summed E-state index contributed by atoms with van der Waals surface area (Å²) in [6.07, 6.45) is 6.64. The van der Waals surface area contributed by atoms with Gasteiger partial charge in [-0.3, -0.25) is 0 Å². The van der Waals surface area contributed by atoms with Crippen LogP contribution in [-0.2, 0) is 16.0 Å². The van der Waals surface area contributed by atoms with Gasteiger partial charge in [0.05, 0.1) is 6.61 Å². The first-order valence-corrected chi connectivity index (χ1v) is 8.64. The summed E-state index contributed by atoms with van der Waals surface area (Å²) in [6, 6.07) is 17.5. The van der Waals surface area contributed by atoms with Crippen molar-refractivity contribution in [3.8, 4) is 11.1 Å². The monoisotopic (exact) mass is 322 g/mol. The third kappa shape index (κ3) is 6.04. The Morgan fingerprint density at radius 1 is 0.917 bits per heavy atom. The fraction of sp³-hybridized carbons (Fsp3) is 0.318. The van der Waals surface area contributed by atoms with Crippen molar-refractivity contribution in [2.75, 3.05) is 6.61 Å². The van der Waals surface area contributed by atoms with Gasteiger partial charge in [0.2, 0.25) is 0 Å². The van der Waals surface area contributed by atoms with E-state index in [1.165, 1.54) is 34.8 Å². The van der Waals surface area contributed by atoms with E-state index in [0.29, 0.717) is 6.61 Å². The van der Waals surface area contributed by atoms with Crippen LogP contribution in [0.3, 0.4) is 0 Å². The van der Waals surface area contributed by atoms with E-state index in [1.54, 1.807) is 0 Å². The molecule has 2 rings (SSSR count). The first-order chi connectivity index (χ1) is 11.7. The van der Waals surface area contributed by atoms with Crippen molar-refractivity contribution in [2.24, 2.45) is 0 Å². The zero-order valence-corrected chi connectivity index (χ0v) is 14.5. The molecular formula is C22H26O2. The maximum absolute atomic E-state index is 10.9. The average molecular weight is 322 g/mol. The second-order valence-electron chi connectivity index (χ2n) is 6.10. The summed E-state index contributed by atoms with van der Waals surface area (Å²) < 4.78 is 4.96. The molecule has 0 N–H and O–H groups in total. The van der Waals surface area contributed by atoms with Gasteiger partial charge in [-0.05, 0) is 42.9 Å². The molecule has 0 saturated carbocycles. The number of unbranched alkanes of at least 4 members (excludes halogenated alkanes) is 3. The fourth-order valence-corrected chi connectivity index (χ4v) is 2.63. The summed E-state index contributed by atoms with van der Waals surface area (Å²) >= 11 is 0. The lowest BCUT2D eigenvalue weighted by Crippen LogP contribution is -2.01. The topological polar surface area (TPSA) is 26.3 Å². The SMILES string of the molecule is C=CC(=O)OCCCCCCc1ccc(-c2ccc(C)cc2)cc1. The van der Waals surface area contributed by atoms with Crippen LogP contribution in [0.5, 0.6) is 0 Å². The summed E-state index contributed by atoms with van der Waals surface area (Å²) in [5.74, 6) is -0.330. The van der Waals surface area contributed by atoms with Crippen LogP contribution in [0, 0.1) is 6.92 Å². The molecule has 2 aromatic rings. The Morgan fingerprint density at radius 3 is 2.12 bits per heavy atom. The van der Waals surface area contributed by atoms with Crippen LogP contribution in [0.4, 0.5) is 0 Å². The van der Waals surface area contributed by atoms with Crippen LogP contribution >= 0.6 is 0 Å². The van der Waals surface area contributed by atoms with Gasteiger partial charge in [0.1, 0.15) is 0 Å². The molecule has 0 spiro atoms. The number of carbonyl (C=O) groups excluding carboxylic acids is 1. The minimum Gasteiger partial charge on any atom is -0.463 e. The van der Waals surface area contributed by atoms with E-state index in [-0.39, 0.29) is 5.97 Å². The van der Waals surface area contributed by atoms with Gasteiger partial charge in [-0.2, -0.15) is 0 Å². The van der Waals surface area contributed by atoms with Crippen LogP contribution in [0.1, 0.15) is 36.8 Å². The fourth-order valence-electron chi connectivity index (χ4n) is 2.63. The van der Waals surface area contributed by atoms with Gasteiger partial charge in [-0.15, -0.1) is 0 Å². The predicted molar refractivity (Wildman–Crippen MR) is 99.9 cm³/mol. The Morgan fingerprint density at radius 2 is 1.50 bits per heavy atom. The lowest BCUT2D eigenvalue weighted by molar-refractivity contribution is -0.137. The molecule has 2 heteroatoms. The molecule has 126 valence electrons. The van der Waals surface area contributed by atoms with Gasteiger partial charge < -0.3 is 4.74 Å². The van der Waals surface area contributed by atoms with E-state index >= 15 is 0 Å². The molecule has 0 amide bonds. The summed E-state index contributed by atoms with van der Waals surface area (Å²) in [6.45, 7) is 5.98. The maximum atomic E-state index is 10.9. The number of benzene rings is 2. The standard InChI is InChI=1S/C22H26O2/c1-3-22(23)24-17-7-5-4-6-8-19-11-15-21(16-12-19)20-13-9-18(2)10-14-20/h3,9-16H,1,4-8,17H2,2H3. The van der Waals surface area contributed by atoms with Crippen molar-refractivity contribution >= 4 is 5.97 Å². The number of carbonyl (C=O) groups is 1. The summed E-state index contributed by atoms with van der Waals surface area (Å²) in [5, 5.41) is 0. The zero-order valence-electron chi connectivity index (χ0n) is 14.5. The molecule has 2 nitrogen and oxygen atoms in total. The van der Waals surface area contributed by atoms with Gasteiger partial charge in [-0.25, -0.2) is 4.79 Å². The Hall–Kier alpha value is -2.35. The molecule has 0 unspecified atom stereocenters. The number of rotatable bonds is 9. The van der Waals surface area contributed by atoms with Crippen LogP contribution in [-0.4, -0.2) is 12.6 Å². The average Bonchev–Trinajstić information content (AvgIpc) is 2.62. The zero-order chi connectivity index (χ0) is 17.2. The quantitative estimate of drug-likeness (QED) is 0.346. The minimum atomic E-state index is -0.330. The van der Waals surface area contributed by atoms with Crippen molar-refractivity contribution < 1.29 is 9.53 Å². The number of hydrogen-bond donors (Lipinski definition) is 0. The van der Waals surface area contributed by atoms with Gasteiger partial charge >= 0.3 is 5.97 Å². The molecule has 24 heavy (non-hydrogen) atoms. The van der Waals surface area contributed by atoms with Crippen LogP contribution < -0.4 is 0 Å². The number of esters is 1. The van der Waals surface area contributed by atoms with Crippen LogP contribution in [0.25, 0.3) is 11.1 Å². The Kier molecular flexibility index (Phi) is 7.28. The van der Waals surface area contributed by atoms with Crippen molar-refractivity contribution in [3.63, 3.8) is 0 Å². The van der Waals surface area contributed by atoms with E-state index in [4.69, 9.17) is 4.74 Å². The molecule has 0 saturated heterocycles. The van der Waals surface area contributed by atoms with Crippen LogP contribution in [0.2, 0.25) is 0 Å². The van der Waals surface area contributed by atoms with Gasteiger partial charge in [0.15, 0.2) is 0 Å². The smallest absolute Gasteiger partial charge is 0.330 e. The highest BCUT2D eigenvalue weighted by Gasteiger charge is 1.99. The maximum Gasteiger partial charge on any atom is 0.330 e. The Balaban J connectivity index is 1.68. The van der Waals surface area contributed by atoms with E-state index in [2.05, 4.69) is 62.0 Å². The van der Waals surface area contributed by atoms with Crippen molar-refractivity contribution in [3.05, 3.63) is 72.3 Å². The molecule has 0 fully saturated rings. The largest absolute Gasteiger partial charge is 0.463 e. The van der Waals surface area contributed by atoms with Crippen molar-refractivity contribution in [1.82, 2.24) is 0 Å². The molecule has 2 aromatic carbocycles. The van der Waals surface area contributed by atoms with Gasteiger partial charge in [-0.1, -0.05) is 73.5 Å². The van der Waals surface area contributed by atoms with E-state index in [1.807, 2.05) is 0 Å². The third-order valence-corrected chi connectivity index (χ3v) is 4.11. The molecule has 0 aliphatic rings. The number of hydrogen-bond acceptors (Lipinski definition) is 2. The second-order valence-corrected chi connectivity index (χ2v) is 6.10. The molecular weight excluding hydrogens is 296 g/mol. The second kappa shape index (κ2) is 9.71. The predicted octanol–water partition coefficient (Wildman–Crippen LogP) is 5.49. The first-order valence-electron chi connectivity index (χ1n) is 8.64. The molecule has 0 bridgehead atoms. The first kappa shape index (κ1) is 18.0. The highest BCUT2D eigenvalue weighted by molar-refractivity contribution is 5.81. The summed E-state index contributed by atoms with van der Waals surface area (Å²) in [4.78, 5) is 10.9. The van der Waals surface area contributed by atoms with Crippen molar-refractivity contribution in [1.29, 1.82) is 0 Å².